The van der Waals surface area contributed by atoms with Gasteiger partial charge in [-0.05, 0) is 51.2 Å². The molecule has 0 unspecified atom stereocenters. The predicted molar refractivity (Wildman–Crippen MR) is 82.3 cm³/mol. The Kier molecular flexibility index (Phi) is 6.91. The number of nitrogens with two attached hydrogens (primary N) is 1. The molecule has 114 valence electrons. The first-order valence-electron chi connectivity index (χ1n) is 6.49. The van der Waals surface area contributed by atoms with Crippen molar-refractivity contribution in [3.63, 3.8) is 0 Å². The van der Waals surface area contributed by atoms with Gasteiger partial charge in [-0.25, -0.2) is 13.1 Å². The van der Waals surface area contributed by atoms with Crippen molar-refractivity contribution < 1.29 is 8.42 Å². The van der Waals surface area contributed by atoms with Crippen LogP contribution in [0.4, 0.5) is 0 Å². The molecule has 0 amide bonds. The Morgan fingerprint density at radius 1 is 1.30 bits per heavy atom. The first kappa shape index (κ1) is 17.4. The van der Waals surface area contributed by atoms with Crippen molar-refractivity contribution in [2.45, 2.75) is 24.3 Å². The van der Waals surface area contributed by atoms with Gasteiger partial charge in [-0.1, -0.05) is 17.7 Å². The molecule has 1 aromatic rings. The molecule has 7 heteroatoms. The fraction of sp³-hybridized carbons (Fsp3) is 0.538. The molecule has 3 N–H and O–H groups in total. The van der Waals surface area contributed by atoms with E-state index in [0.29, 0.717) is 6.54 Å². The molecule has 0 atom stereocenters. The second-order valence-corrected chi connectivity index (χ2v) is 7.02. The van der Waals surface area contributed by atoms with E-state index in [4.69, 9.17) is 17.3 Å². The number of halogens is 1. The number of hydrogen-bond donors (Lipinski definition) is 2. The van der Waals surface area contributed by atoms with Gasteiger partial charge in [0.05, 0.1) is 5.02 Å². The number of unbranched alkanes of at least 4 members (excludes halogenated alkanes) is 1. The number of nitrogens with one attached hydrogen (secondary N) is 1. The first-order chi connectivity index (χ1) is 9.36. The van der Waals surface area contributed by atoms with Gasteiger partial charge in [-0.15, -0.1) is 0 Å². The number of sulfonamides is 1. The zero-order valence-electron chi connectivity index (χ0n) is 11.9. The largest absolute Gasteiger partial charge is 0.326 e. The molecule has 0 aliphatic heterocycles. The highest BCUT2D eigenvalue weighted by atomic mass is 35.5. The van der Waals surface area contributed by atoms with Crippen LogP contribution in [0, 0.1) is 0 Å². The second-order valence-electron chi connectivity index (χ2n) is 4.88. The van der Waals surface area contributed by atoms with E-state index in [-0.39, 0.29) is 16.5 Å². The summed E-state index contributed by atoms with van der Waals surface area (Å²) < 4.78 is 26.9. The number of hydrogen-bond acceptors (Lipinski definition) is 4. The summed E-state index contributed by atoms with van der Waals surface area (Å²) in [4.78, 5) is 2.16. The Bertz CT molecular complexity index is 532. The summed E-state index contributed by atoms with van der Waals surface area (Å²) in [6.45, 7) is 1.62. The Hall–Kier alpha value is -0.660. The summed E-state index contributed by atoms with van der Waals surface area (Å²) >= 11 is 5.95. The third kappa shape index (κ3) is 5.38. The molecule has 0 heterocycles. The van der Waals surface area contributed by atoms with E-state index >= 15 is 0 Å². The Morgan fingerprint density at radius 2 is 2.00 bits per heavy atom. The van der Waals surface area contributed by atoms with Gasteiger partial charge in [-0.2, -0.15) is 0 Å². The Balaban J connectivity index is 2.64. The average molecular weight is 320 g/mol. The molecule has 1 aromatic carbocycles. The van der Waals surface area contributed by atoms with E-state index in [1.54, 1.807) is 12.1 Å². The van der Waals surface area contributed by atoms with Gasteiger partial charge in [0.1, 0.15) is 4.90 Å². The van der Waals surface area contributed by atoms with Crippen LogP contribution in [-0.2, 0) is 16.6 Å². The van der Waals surface area contributed by atoms with Gasteiger partial charge in [0.25, 0.3) is 0 Å². The van der Waals surface area contributed by atoms with Crippen LogP contribution in [0.5, 0.6) is 0 Å². The normalized spacial score (nSPS) is 12.1. The van der Waals surface area contributed by atoms with Gasteiger partial charge in [-0.3, -0.25) is 0 Å². The molecule has 0 bridgehead atoms. The van der Waals surface area contributed by atoms with E-state index in [1.165, 1.54) is 6.07 Å². The molecule has 0 aromatic heterocycles. The van der Waals surface area contributed by atoms with E-state index in [1.807, 2.05) is 14.1 Å². The summed E-state index contributed by atoms with van der Waals surface area (Å²) in [6, 6.07) is 4.80. The second kappa shape index (κ2) is 7.95. The van der Waals surface area contributed by atoms with Crippen LogP contribution in [0.1, 0.15) is 18.4 Å². The van der Waals surface area contributed by atoms with E-state index in [9.17, 15) is 8.42 Å². The maximum Gasteiger partial charge on any atom is 0.242 e. The minimum atomic E-state index is -3.58. The molecular formula is C13H22ClN3O2S. The highest BCUT2D eigenvalue weighted by Gasteiger charge is 2.17. The summed E-state index contributed by atoms with van der Waals surface area (Å²) in [5, 5.41) is 0.211. The van der Waals surface area contributed by atoms with E-state index in [2.05, 4.69) is 9.62 Å². The van der Waals surface area contributed by atoms with Crippen LogP contribution in [-0.4, -0.2) is 40.5 Å². The van der Waals surface area contributed by atoms with Crippen LogP contribution in [0.25, 0.3) is 0 Å². The Labute approximate surface area is 126 Å². The van der Waals surface area contributed by atoms with E-state index in [0.717, 1.165) is 24.9 Å². The van der Waals surface area contributed by atoms with Crippen LogP contribution in [0.2, 0.25) is 5.02 Å². The topological polar surface area (TPSA) is 75.4 Å². The fourth-order valence-corrected chi connectivity index (χ4v) is 3.34. The monoisotopic (exact) mass is 319 g/mol. The zero-order valence-corrected chi connectivity index (χ0v) is 13.5. The minimum absolute atomic E-state index is 0.0923. The number of benzene rings is 1. The van der Waals surface area contributed by atoms with Crippen molar-refractivity contribution in [2.24, 2.45) is 5.73 Å². The van der Waals surface area contributed by atoms with Crippen LogP contribution in [0.3, 0.4) is 0 Å². The summed E-state index contributed by atoms with van der Waals surface area (Å²) in [7, 11) is 0.401. The lowest BCUT2D eigenvalue weighted by atomic mass is 10.2. The maximum absolute atomic E-state index is 12.2. The molecule has 5 nitrogen and oxygen atoms in total. The van der Waals surface area contributed by atoms with E-state index < -0.39 is 10.0 Å². The number of nitrogens with zero attached hydrogens (tertiary/aromatic N) is 1. The van der Waals surface area contributed by atoms with Gasteiger partial charge in [0.15, 0.2) is 0 Å². The summed E-state index contributed by atoms with van der Waals surface area (Å²) in [5.41, 5.74) is 6.26. The van der Waals surface area contributed by atoms with Crippen molar-refractivity contribution in [2.75, 3.05) is 27.2 Å². The molecule has 0 radical (unpaired) electrons. The SMILES string of the molecule is CN(C)CCCCNS(=O)(=O)c1cc(CN)ccc1Cl. The van der Waals surface area contributed by atoms with Crippen molar-refractivity contribution in [1.29, 1.82) is 0 Å². The van der Waals surface area contributed by atoms with Crippen molar-refractivity contribution in [3.05, 3.63) is 28.8 Å². The highest BCUT2D eigenvalue weighted by molar-refractivity contribution is 7.89. The molecule has 0 spiro atoms. The number of rotatable bonds is 8. The maximum atomic E-state index is 12.2. The predicted octanol–water partition coefficient (Wildman–Crippen LogP) is 1.42. The smallest absolute Gasteiger partial charge is 0.242 e. The molecule has 0 saturated carbocycles. The fourth-order valence-electron chi connectivity index (χ4n) is 1.72. The van der Waals surface area contributed by atoms with Crippen molar-refractivity contribution in [1.82, 2.24) is 9.62 Å². The van der Waals surface area contributed by atoms with Crippen molar-refractivity contribution >= 4 is 21.6 Å². The standard InChI is InChI=1S/C13H22ClN3O2S/c1-17(2)8-4-3-7-16-20(18,19)13-9-11(10-15)5-6-12(13)14/h5-6,9,16H,3-4,7-8,10,15H2,1-2H3. The summed E-state index contributed by atoms with van der Waals surface area (Å²) in [6.07, 6.45) is 1.72. The van der Waals surface area contributed by atoms with Crippen LogP contribution in [0.15, 0.2) is 23.1 Å². The van der Waals surface area contributed by atoms with Crippen LogP contribution >= 0.6 is 11.6 Å². The third-order valence-electron chi connectivity index (χ3n) is 2.85. The summed E-state index contributed by atoms with van der Waals surface area (Å²) in [5.74, 6) is 0. The van der Waals surface area contributed by atoms with Crippen molar-refractivity contribution in [3.8, 4) is 0 Å². The van der Waals surface area contributed by atoms with Gasteiger partial charge >= 0.3 is 0 Å². The average Bonchev–Trinajstić information content (AvgIpc) is 2.38. The van der Waals surface area contributed by atoms with Gasteiger partial charge in [0, 0.05) is 13.1 Å². The molecule has 0 aliphatic carbocycles. The van der Waals surface area contributed by atoms with Crippen LogP contribution < -0.4 is 10.5 Å². The molecule has 0 aliphatic rings. The quantitative estimate of drug-likeness (QED) is 0.711. The van der Waals surface area contributed by atoms with Gasteiger partial charge < -0.3 is 10.6 Å². The highest BCUT2D eigenvalue weighted by Crippen LogP contribution is 2.22. The lowest BCUT2D eigenvalue weighted by Gasteiger charge is -2.11. The Morgan fingerprint density at radius 3 is 2.60 bits per heavy atom. The third-order valence-corrected chi connectivity index (χ3v) is 4.79. The molecule has 0 saturated heterocycles. The lowest BCUT2D eigenvalue weighted by molar-refractivity contribution is 0.394. The zero-order chi connectivity index (χ0) is 15.2. The molecule has 1 rings (SSSR count). The lowest BCUT2D eigenvalue weighted by Crippen LogP contribution is -2.26. The molecular weight excluding hydrogens is 298 g/mol. The molecule has 0 fully saturated rings. The minimum Gasteiger partial charge on any atom is -0.326 e. The van der Waals surface area contributed by atoms with Gasteiger partial charge in [0.2, 0.25) is 10.0 Å². The molecule has 20 heavy (non-hydrogen) atoms. The first-order valence-corrected chi connectivity index (χ1v) is 8.36.